The molecule has 8 heteroatoms. The standard InChI is InChI=1S/C17H14FN5O2/c18-12-2-4-13(5-3-12)21-16-9-20-23-17(22-16)19-8-11-1-6-14-15(7-11)25-10-24-14/h1-7,9H,8,10H2,(H2,19,21,22,23). The molecule has 4 rings (SSSR count). The summed E-state index contributed by atoms with van der Waals surface area (Å²) in [7, 11) is 0. The van der Waals surface area contributed by atoms with Crippen LogP contribution in [0, 0.1) is 5.82 Å². The molecule has 0 atom stereocenters. The number of hydrogen-bond donors (Lipinski definition) is 2. The van der Waals surface area contributed by atoms with E-state index in [2.05, 4.69) is 25.8 Å². The van der Waals surface area contributed by atoms with Gasteiger partial charge in [-0.2, -0.15) is 10.1 Å². The Labute approximate surface area is 142 Å². The molecule has 2 heterocycles. The van der Waals surface area contributed by atoms with Crippen molar-refractivity contribution in [2.45, 2.75) is 6.54 Å². The predicted octanol–water partition coefficient (Wildman–Crippen LogP) is 3.10. The molecule has 0 bridgehead atoms. The van der Waals surface area contributed by atoms with E-state index < -0.39 is 0 Å². The van der Waals surface area contributed by atoms with Crippen molar-refractivity contribution < 1.29 is 13.9 Å². The lowest BCUT2D eigenvalue weighted by atomic mass is 10.2. The summed E-state index contributed by atoms with van der Waals surface area (Å²) in [4.78, 5) is 4.33. The SMILES string of the molecule is Fc1ccc(Nc2cnnc(NCc3ccc4c(c3)OCO4)n2)cc1. The van der Waals surface area contributed by atoms with Gasteiger partial charge in [-0.3, -0.25) is 0 Å². The summed E-state index contributed by atoms with van der Waals surface area (Å²) in [6.07, 6.45) is 1.50. The molecule has 0 saturated carbocycles. The zero-order chi connectivity index (χ0) is 17.1. The third-order valence-corrected chi connectivity index (χ3v) is 3.56. The highest BCUT2D eigenvalue weighted by molar-refractivity contribution is 5.55. The summed E-state index contributed by atoms with van der Waals surface area (Å²) in [5.74, 6) is 2.06. The van der Waals surface area contributed by atoms with E-state index in [9.17, 15) is 4.39 Å². The van der Waals surface area contributed by atoms with Gasteiger partial charge in [-0.1, -0.05) is 6.07 Å². The molecular formula is C17H14FN5O2. The molecule has 25 heavy (non-hydrogen) atoms. The number of halogens is 1. The van der Waals surface area contributed by atoms with E-state index in [0.717, 1.165) is 17.1 Å². The van der Waals surface area contributed by atoms with Crippen molar-refractivity contribution >= 4 is 17.5 Å². The van der Waals surface area contributed by atoms with Crippen molar-refractivity contribution in [3.8, 4) is 11.5 Å². The summed E-state index contributed by atoms with van der Waals surface area (Å²) >= 11 is 0. The smallest absolute Gasteiger partial charge is 0.244 e. The Hall–Kier alpha value is -3.42. The molecule has 1 aromatic heterocycles. The van der Waals surface area contributed by atoms with Gasteiger partial charge in [-0.15, -0.1) is 5.10 Å². The Morgan fingerprint density at radius 3 is 2.76 bits per heavy atom. The monoisotopic (exact) mass is 339 g/mol. The number of nitrogens with one attached hydrogen (secondary N) is 2. The minimum absolute atomic E-state index is 0.246. The number of nitrogens with zero attached hydrogens (tertiary/aromatic N) is 3. The Bertz CT molecular complexity index is 888. The normalized spacial score (nSPS) is 12.0. The first-order valence-corrected chi connectivity index (χ1v) is 7.61. The Morgan fingerprint density at radius 1 is 1.04 bits per heavy atom. The van der Waals surface area contributed by atoms with Crippen LogP contribution in [-0.2, 0) is 6.54 Å². The molecule has 7 nitrogen and oxygen atoms in total. The van der Waals surface area contributed by atoms with E-state index in [1.807, 2.05) is 18.2 Å². The van der Waals surface area contributed by atoms with E-state index in [-0.39, 0.29) is 12.6 Å². The van der Waals surface area contributed by atoms with Crippen LogP contribution < -0.4 is 20.1 Å². The summed E-state index contributed by atoms with van der Waals surface area (Å²) in [5, 5.41) is 14.0. The van der Waals surface area contributed by atoms with Crippen molar-refractivity contribution in [1.29, 1.82) is 0 Å². The van der Waals surface area contributed by atoms with Crippen LogP contribution in [0.5, 0.6) is 11.5 Å². The highest BCUT2D eigenvalue weighted by Crippen LogP contribution is 2.32. The third kappa shape index (κ3) is 3.57. The fraction of sp³-hybridized carbons (Fsp3) is 0.118. The number of anilines is 3. The largest absolute Gasteiger partial charge is 0.454 e. The molecule has 0 radical (unpaired) electrons. The second-order valence-corrected chi connectivity index (χ2v) is 5.34. The van der Waals surface area contributed by atoms with E-state index in [1.165, 1.54) is 18.3 Å². The van der Waals surface area contributed by atoms with Gasteiger partial charge in [0, 0.05) is 12.2 Å². The molecule has 1 aliphatic rings. The van der Waals surface area contributed by atoms with E-state index in [0.29, 0.717) is 24.0 Å². The number of hydrogen-bond acceptors (Lipinski definition) is 7. The molecule has 0 aliphatic carbocycles. The zero-order valence-corrected chi connectivity index (χ0v) is 13.1. The van der Waals surface area contributed by atoms with Crippen molar-refractivity contribution in [2.75, 3.05) is 17.4 Å². The minimum Gasteiger partial charge on any atom is -0.454 e. The lowest BCUT2D eigenvalue weighted by Gasteiger charge is -2.08. The topological polar surface area (TPSA) is 81.2 Å². The lowest BCUT2D eigenvalue weighted by molar-refractivity contribution is 0.174. The van der Waals surface area contributed by atoms with Gasteiger partial charge in [0.05, 0.1) is 6.20 Å². The lowest BCUT2D eigenvalue weighted by Crippen LogP contribution is -2.06. The van der Waals surface area contributed by atoms with Crippen LogP contribution in [0.1, 0.15) is 5.56 Å². The van der Waals surface area contributed by atoms with Crippen LogP contribution in [-0.4, -0.2) is 22.0 Å². The highest BCUT2D eigenvalue weighted by Gasteiger charge is 2.13. The first kappa shape index (κ1) is 15.1. The second-order valence-electron chi connectivity index (χ2n) is 5.34. The Kier molecular flexibility index (Phi) is 3.99. The Balaban J connectivity index is 1.42. The molecule has 126 valence electrons. The van der Waals surface area contributed by atoms with Gasteiger partial charge in [0.1, 0.15) is 5.82 Å². The van der Waals surface area contributed by atoms with Crippen LogP contribution in [0.4, 0.5) is 21.8 Å². The van der Waals surface area contributed by atoms with Gasteiger partial charge >= 0.3 is 0 Å². The van der Waals surface area contributed by atoms with Gasteiger partial charge < -0.3 is 20.1 Å². The fourth-order valence-corrected chi connectivity index (χ4v) is 2.35. The molecule has 0 saturated heterocycles. The summed E-state index contributed by atoms with van der Waals surface area (Å²) < 4.78 is 23.6. The molecule has 0 spiro atoms. The van der Waals surface area contributed by atoms with Crippen LogP contribution >= 0.6 is 0 Å². The number of aromatic nitrogens is 3. The van der Waals surface area contributed by atoms with Crippen molar-refractivity contribution in [3.05, 3.63) is 60.0 Å². The third-order valence-electron chi connectivity index (χ3n) is 3.56. The van der Waals surface area contributed by atoms with Gasteiger partial charge in [0.25, 0.3) is 0 Å². The summed E-state index contributed by atoms with van der Waals surface area (Å²) in [6.45, 7) is 0.759. The quantitative estimate of drug-likeness (QED) is 0.739. The van der Waals surface area contributed by atoms with Gasteiger partial charge in [-0.25, -0.2) is 4.39 Å². The van der Waals surface area contributed by atoms with Crippen LogP contribution in [0.15, 0.2) is 48.7 Å². The van der Waals surface area contributed by atoms with Gasteiger partial charge in [0.2, 0.25) is 12.7 Å². The van der Waals surface area contributed by atoms with Crippen LogP contribution in [0.2, 0.25) is 0 Å². The minimum atomic E-state index is -0.294. The molecule has 1 aliphatic heterocycles. The van der Waals surface area contributed by atoms with E-state index in [4.69, 9.17) is 9.47 Å². The van der Waals surface area contributed by atoms with Crippen molar-refractivity contribution in [2.24, 2.45) is 0 Å². The second kappa shape index (κ2) is 6.60. The highest BCUT2D eigenvalue weighted by atomic mass is 19.1. The molecule has 3 aromatic rings. The maximum absolute atomic E-state index is 12.9. The first-order valence-electron chi connectivity index (χ1n) is 7.61. The molecule has 0 fully saturated rings. The molecular weight excluding hydrogens is 325 g/mol. The molecule has 2 N–H and O–H groups in total. The average Bonchev–Trinajstić information content (AvgIpc) is 3.10. The van der Waals surface area contributed by atoms with E-state index >= 15 is 0 Å². The maximum atomic E-state index is 12.9. The number of rotatable bonds is 5. The van der Waals surface area contributed by atoms with Gasteiger partial charge in [-0.05, 0) is 42.0 Å². The Morgan fingerprint density at radius 2 is 1.88 bits per heavy atom. The zero-order valence-electron chi connectivity index (χ0n) is 13.1. The van der Waals surface area contributed by atoms with Crippen molar-refractivity contribution in [3.63, 3.8) is 0 Å². The summed E-state index contributed by atoms with van der Waals surface area (Å²) in [5.41, 5.74) is 1.72. The van der Waals surface area contributed by atoms with E-state index in [1.54, 1.807) is 12.1 Å². The number of fused-ring (bicyclic) bond motifs is 1. The molecule has 0 amide bonds. The summed E-state index contributed by atoms with van der Waals surface area (Å²) in [6, 6.07) is 11.7. The van der Waals surface area contributed by atoms with Crippen LogP contribution in [0.25, 0.3) is 0 Å². The maximum Gasteiger partial charge on any atom is 0.244 e. The first-order chi connectivity index (χ1) is 12.3. The molecule has 0 unspecified atom stereocenters. The molecule has 2 aromatic carbocycles. The van der Waals surface area contributed by atoms with Crippen LogP contribution in [0.3, 0.4) is 0 Å². The predicted molar refractivity (Wildman–Crippen MR) is 89.4 cm³/mol. The number of benzene rings is 2. The average molecular weight is 339 g/mol. The fourth-order valence-electron chi connectivity index (χ4n) is 2.35. The van der Waals surface area contributed by atoms with Crippen molar-refractivity contribution in [1.82, 2.24) is 15.2 Å². The van der Waals surface area contributed by atoms with Gasteiger partial charge in [0.15, 0.2) is 17.3 Å². The number of ether oxygens (including phenoxy) is 2.